The number of nitrogens with one attached hydrogen (secondary N) is 1. The fraction of sp³-hybridized carbons (Fsp3) is 0.750. The van der Waals surface area contributed by atoms with Gasteiger partial charge in [-0.1, -0.05) is 48.5 Å². The molecule has 0 aliphatic carbocycles. The minimum Gasteiger partial charge on any atom is -0.370 e. The fourth-order valence-electron chi connectivity index (χ4n) is 1.78. The van der Waals surface area contributed by atoms with Crippen LogP contribution in [-0.4, -0.2) is 16.5 Å². The van der Waals surface area contributed by atoms with E-state index < -0.39 is 0 Å². The van der Waals surface area contributed by atoms with Gasteiger partial charge in [-0.3, -0.25) is 0 Å². The van der Waals surface area contributed by atoms with Gasteiger partial charge < -0.3 is 5.32 Å². The second-order valence-corrected chi connectivity index (χ2v) is 7.47. The van der Waals surface area contributed by atoms with Gasteiger partial charge in [-0.2, -0.15) is 0 Å². The lowest BCUT2D eigenvalue weighted by Crippen LogP contribution is -2.19. The number of anilines is 1. The minimum absolute atomic E-state index is 0.0538. The Kier molecular flexibility index (Phi) is 4.94. The van der Waals surface area contributed by atoms with Crippen molar-refractivity contribution in [1.29, 1.82) is 0 Å². The molecule has 3 nitrogen and oxygen atoms in total. The maximum absolute atomic E-state index is 4.75. The van der Waals surface area contributed by atoms with Crippen LogP contribution in [0.2, 0.25) is 0 Å². The first-order valence-electron chi connectivity index (χ1n) is 7.24. The van der Waals surface area contributed by atoms with E-state index in [4.69, 9.17) is 4.98 Å². The number of nitrogens with zero attached hydrogens (tertiary/aromatic N) is 2. The lowest BCUT2D eigenvalue weighted by atomic mass is 9.90. The van der Waals surface area contributed by atoms with Crippen molar-refractivity contribution in [3.63, 3.8) is 0 Å². The van der Waals surface area contributed by atoms with E-state index in [1.807, 2.05) is 0 Å². The fourth-order valence-corrected chi connectivity index (χ4v) is 1.78. The Morgan fingerprint density at radius 2 is 1.68 bits per heavy atom. The van der Waals surface area contributed by atoms with E-state index in [0.717, 1.165) is 36.7 Å². The molecule has 1 aromatic heterocycles. The van der Waals surface area contributed by atoms with Crippen molar-refractivity contribution >= 4 is 5.82 Å². The monoisotopic (exact) mass is 263 g/mol. The van der Waals surface area contributed by atoms with Crippen LogP contribution < -0.4 is 5.32 Å². The summed E-state index contributed by atoms with van der Waals surface area (Å²) in [6.07, 6.45) is 2.00. The zero-order chi connectivity index (χ0) is 14.7. The SMILES string of the molecule is CCCNc1cc(C(C)(C)C)nc(CC(C)(C)C)n1. The summed E-state index contributed by atoms with van der Waals surface area (Å²) in [5.74, 6) is 1.90. The molecule has 0 amide bonds. The van der Waals surface area contributed by atoms with Crippen molar-refractivity contribution in [3.05, 3.63) is 17.6 Å². The maximum Gasteiger partial charge on any atom is 0.131 e. The van der Waals surface area contributed by atoms with Crippen molar-refractivity contribution in [2.24, 2.45) is 5.41 Å². The molecule has 1 N–H and O–H groups in total. The van der Waals surface area contributed by atoms with E-state index in [2.05, 4.69) is 64.8 Å². The maximum atomic E-state index is 4.75. The Bertz CT molecular complexity index is 411. The second kappa shape index (κ2) is 5.89. The zero-order valence-electron chi connectivity index (χ0n) is 13.6. The van der Waals surface area contributed by atoms with Crippen LogP contribution in [0.25, 0.3) is 0 Å². The van der Waals surface area contributed by atoms with Gasteiger partial charge in [0.05, 0.1) is 5.69 Å². The van der Waals surface area contributed by atoms with Gasteiger partial charge in [0.15, 0.2) is 0 Å². The van der Waals surface area contributed by atoms with E-state index in [1.54, 1.807) is 0 Å². The predicted molar refractivity (Wildman–Crippen MR) is 82.7 cm³/mol. The summed E-state index contributed by atoms with van der Waals surface area (Å²) >= 11 is 0. The third-order valence-electron chi connectivity index (χ3n) is 2.79. The summed E-state index contributed by atoms with van der Waals surface area (Å²) in [5, 5.41) is 3.38. The standard InChI is InChI=1S/C16H29N3/c1-8-9-17-13-10-12(16(5,6)7)18-14(19-13)11-15(2,3)4/h10H,8-9,11H2,1-7H3,(H,17,18,19). The van der Waals surface area contributed by atoms with Gasteiger partial charge in [0.1, 0.15) is 11.6 Å². The van der Waals surface area contributed by atoms with Gasteiger partial charge in [-0.25, -0.2) is 9.97 Å². The zero-order valence-corrected chi connectivity index (χ0v) is 13.6. The quantitative estimate of drug-likeness (QED) is 0.885. The Balaban J connectivity index is 3.09. The third kappa shape index (κ3) is 5.58. The normalized spacial score (nSPS) is 12.6. The van der Waals surface area contributed by atoms with Gasteiger partial charge in [-0.15, -0.1) is 0 Å². The van der Waals surface area contributed by atoms with E-state index in [1.165, 1.54) is 0 Å². The summed E-state index contributed by atoms with van der Waals surface area (Å²) in [5.41, 5.74) is 1.37. The van der Waals surface area contributed by atoms with Gasteiger partial charge in [0.25, 0.3) is 0 Å². The largest absolute Gasteiger partial charge is 0.370 e. The van der Waals surface area contributed by atoms with Crippen LogP contribution in [0.5, 0.6) is 0 Å². The molecule has 0 saturated heterocycles. The number of aromatic nitrogens is 2. The third-order valence-corrected chi connectivity index (χ3v) is 2.79. The van der Waals surface area contributed by atoms with Crippen LogP contribution in [0.15, 0.2) is 6.07 Å². The first kappa shape index (κ1) is 15.9. The molecule has 0 radical (unpaired) electrons. The Labute approximate surface area is 118 Å². The van der Waals surface area contributed by atoms with E-state index >= 15 is 0 Å². The van der Waals surface area contributed by atoms with Crippen molar-refractivity contribution in [3.8, 4) is 0 Å². The van der Waals surface area contributed by atoms with Gasteiger partial charge >= 0.3 is 0 Å². The van der Waals surface area contributed by atoms with Crippen molar-refractivity contribution in [2.45, 2.75) is 66.7 Å². The molecule has 0 spiro atoms. The average molecular weight is 263 g/mol. The highest BCUT2D eigenvalue weighted by Gasteiger charge is 2.20. The van der Waals surface area contributed by atoms with Crippen molar-refractivity contribution < 1.29 is 0 Å². The highest BCUT2D eigenvalue weighted by Crippen LogP contribution is 2.25. The summed E-state index contributed by atoms with van der Waals surface area (Å²) in [6, 6.07) is 2.09. The van der Waals surface area contributed by atoms with Crippen LogP contribution >= 0.6 is 0 Å². The molecule has 0 bridgehead atoms. The van der Waals surface area contributed by atoms with E-state index in [-0.39, 0.29) is 10.8 Å². The Morgan fingerprint density at radius 3 is 2.16 bits per heavy atom. The van der Waals surface area contributed by atoms with E-state index in [9.17, 15) is 0 Å². The molecular formula is C16H29N3. The predicted octanol–water partition coefficient (Wildman–Crippen LogP) is 4.18. The lowest BCUT2D eigenvalue weighted by Gasteiger charge is -2.22. The summed E-state index contributed by atoms with van der Waals surface area (Å²) in [7, 11) is 0. The second-order valence-electron chi connectivity index (χ2n) is 7.47. The van der Waals surface area contributed by atoms with Gasteiger partial charge in [0, 0.05) is 24.4 Å². The number of hydrogen-bond donors (Lipinski definition) is 1. The molecule has 1 rings (SSSR count). The minimum atomic E-state index is 0.0538. The molecule has 0 unspecified atom stereocenters. The van der Waals surface area contributed by atoms with Crippen LogP contribution in [-0.2, 0) is 11.8 Å². The number of rotatable bonds is 4. The summed E-state index contributed by atoms with van der Waals surface area (Å²) in [4.78, 5) is 9.39. The molecule has 1 heterocycles. The molecule has 0 saturated carbocycles. The molecule has 1 aromatic rings. The first-order valence-corrected chi connectivity index (χ1v) is 7.24. The highest BCUT2D eigenvalue weighted by molar-refractivity contribution is 5.38. The van der Waals surface area contributed by atoms with Crippen molar-refractivity contribution in [1.82, 2.24) is 9.97 Å². The molecule has 0 aliphatic heterocycles. The molecule has 0 aliphatic rings. The van der Waals surface area contributed by atoms with Gasteiger partial charge in [-0.05, 0) is 11.8 Å². The van der Waals surface area contributed by atoms with E-state index in [0.29, 0.717) is 0 Å². The molecule has 108 valence electrons. The molecule has 0 aromatic carbocycles. The Morgan fingerprint density at radius 1 is 1.05 bits per heavy atom. The van der Waals surface area contributed by atoms with Crippen LogP contribution in [0.1, 0.15) is 66.4 Å². The molecule has 19 heavy (non-hydrogen) atoms. The van der Waals surface area contributed by atoms with Crippen LogP contribution in [0.4, 0.5) is 5.82 Å². The molecule has 0 atom stereocenters. The Hall–Kier alpha value is -1.12. The number of hydrogen-bond acceptors (Lipinski definition) is 3. The molecular weight excluding hydrogens is 234 g/mol. The van der Waals surface area contributed by atoms with Crippen LogP contribution in [0.3, 0.4) is 0 Å². The smallest absolute Gasteiger partial charge is 0.131 e. The molecule has 3 heteroatoms. The summed E-state index contributed by atoms with van der Waals surface area (Å²) in [6.45, 7) is 16.4. The van der Waals surface area contributed by atoms with Gasteiger partial charge in [0.2, 0.25) is 0 Å². The molecule has 0 fully saturated rings. The van der Waals surface area contributed by atoms with Crippen LogP contribution in [0, 0.1) is 5.41 Å². The van der Waals surface area contributed by atoms with Crippen molar-refractivity contribution in [2.75, 3.05) is 11.9 Å². The highest BCUT2D eigenvalue weighted by atomic mass is 15.0. The first-order chi connectivity index (χ1) is 8.62. The average Bonchev–Trinajstić information content (AvgIpc) is 2.22. The lowest BCUT2D eigenvalue weighted by molar-refractivity contribution is 0.398. The summed E-state index contributed by atoms with van der Waals surface area (Å²) < 4.78 is 0. The topological polar surface area (TPSA) is 37.8 Å².